The molecule has 3 unspecified atom stereocenters. The van der Waals surface area contributed by atoms with Crippen LogP contribution in [0.4, 0.5) is 10.5 Å². The summed E-state index contributed by atoms with van der Waals surface area (Å²) in [7, 11) is 1.38. The normalized spacial score (nSPS) is 23.4. The van der Waals surface area contributed by atoms with Crippen molar-refractivity contribution in [2.24, 2.45) is 5.92 Å². The van der Waals surface area contributed by atoms with Gasteiger partial charge in [0.1, 0.15) is 11.6 Å². The number of methoxy groups -OCH3 is 1. The Morgan fingerprint density at radius 1 is 1.21 bits per heavy atom. The highest BCUT2D eigenvalue weighted by molar-refractivity contribution is 5.95. The summed E-state index contributed by atoms with van der Waals surface area (Å²) in [5.41, 5.74) is 4.72. The SMILES string of the molecule is COC(=O)N1c2ccc3c(nc(C(O)c4cc5c(cn4)OCC5)n3C3CCCC(C(=O)O)C3)c2CC[C@@H]1C. The number of pyridine rings is 1. The smallest absolute Gasteiger partial charge is 0.414 e. The summed E-state index contributed by atoms with van der Waals surface area (Å²) in [6.07, 6.45) is 5.05. The lowest BCUT2D eigenvalue weighted by molar-refractivity contribution is -0.143. The lowest BCUT2D eigenvalue weighted by atomic mass is 9.85. The van der Waals surface area contributed by atoms with Gasteiger partial charge in [0.25, 0.3) is 0 Å². The minimum absolute atomic E-state index is 0.0213. The first-order chi connectivity index (χ1) is 18.4. The Kier molecular flexibility index (Phi) is 6.22. The van der Waals surface area contributed by atoms with Gasteiger partial charge < -0.3 is 24.3 Å². The number of carboxylic acid groups (broad SMARTS) is 1. The van der Waals surface area contributed by atoms with Crippen LogP contribution in [-0.2, 0) is 22.4 Å². The third kappa shape index (κ3) is 3.98. The molecule has 3 aromatic rings. The van der Waals surface area contributed by atoms with Gasteiger partial charge in [-0.1, -0.05) is 6.42 Å². The molecule has 10 heteroatoms. The third-order valence-electron chi connectivity index (χ3n) is 8.34. The molecule has 1 saturated carbocycles. The van der Waals surface area contributed by atoms with E-state index in [1.807, 2.05) is 29.7 Å². The molecule has 10 nitrogen and oxygen atoms in total. The summed E-state index contributed by atoms with van der Waals surface area (Å²) in [5, 5.41) is 21.4. The molecule has 6 rings (SSSR count). The zero-order chi connectivity index (χ0) is 26.6. The zero-order valence-electron chi connectivity index (χ0n) is 21.6. The Bertz CT molecular complexity index is 1420. The van der Waals surface area contributed by atoms with E-state index in [1.165, 1.54) is 7.11 Å². The molecule has 4 atom stereocenters. The van der Waals surface area contributed by atoms with Crippen LogP contribution in [0.1, 0.15) is 73.8 Å². The van der Waals surface area contributed by atoms with Gasteiger partial charge in [-0.2, -0.15) is 0 Å². The van der Waals surface area contributed by atoms with Crippen LogP contribution in [0.2, 0.25) is 0 Å². The number of carbonyl (C=O) groups is 2. The maximum absolute atomic E-state index is 12.6. The van der Waals surface area contributed by atoms with Gasteiger partial charge in [0.15, 0.2) is 6.10 Å². The molecule has 0 radical (unpaired) electrons. The van der Waals surface area contributed by atoms with Crippen molar-refractivity contribution >= 4 is 28.8 Å². The van der Waals surface area contributed by atoms with Gasteiger partial charge in [-0.15, -0.1) is 0 Å². The summed E-state index contributed by atoms with van der Waals surface area (Å²) in [6.45, 7) is 2.59. The van der Waals surface area contributed by atoms with E-state index in [4.69, 9.17) is 14.5 Å². The topological polar surface area (TPSA) is 127 Å². The van der Waals surface area contributed by atoms with Gasteiger partial charge in [0.2, 0.25) is 0 Å². The Balaban J connectivity index is 1.51. The number of rotatable bonds is 4. The number of imidazole rings is 1. The number of nitrogens with zero attached hydrogens (tertiary/aromatic N) is 4. The molecule has 2 aliphatic heterocycles. The zero-order valence-corrected chi connectivity index (χ0v) is 21.6. The van der Waals surface area contributed by atoms with E-state index < -0.39 is 24.1 Å². The number of carboxylic acids is 1. The van der Waals surface area contributed by atoms with Crippen molar-refractivity contribution in [2.45, 2.75) is 70.1 Å². The maximum atomic E-state index is 12.6. The first kappa shape index (κ1) is 24.7. The van der Waals surface area contributed by atoms with Crippen LogP contribution < -0.4 is 9.64 Å². The highest BCUT2D eigenvalue weighted by Gasteiger charge is 2.36. The fourth-order valence-electron chi connectivity index (χ4n) is 6.37. The molecule has 0 bridgehead atoms. The minimum Gasteiger partial charge on any atom is -0.491 e. The summed E-state index contributed by atoms with van der Waals surface area (Å²) >= 11 is 0. The van der Waals surface area contributed by atoms with Crippen LogP contribution in [0.15, 0.2) is 24.4 Å². The molecule has 0 spiro atoms. The van der Waals surface area contributed by atoms with E-state index in [9.17, 15) is 19.8 Å². The van der Waals surface area contributed by atoms with Crippen LogP contribution in [0, 0.1) is 5.92 Å². The van der Waals surface area contributed by atoms with Gasteiger partial charge in [0.05, 0.1) is 48.2 Å². The standard InChI is InChI=1S/C28H32N4O6/c1-15-6-7-19-21(31(15)28(36)37-2)8-9-22-24(19)30-26(32(22)18-5-3-4-17(12-18)27(34)35)25(33)20-13-16-10-11-38-23(16)14-29-20/h8-9,13-15,17-18,25,33H,3-7,10-12H2,1-2H3,(H,34,35)/t15-,17?,18?,25?/m0/s1. The van der Waals surface area contributed by atoms with E-state index in [1.54, 1.807) is 11.1 Å². The van der Waals surface area contributed by atoms with Crippen LogP contribution in [0.3, 0.4) is 0 Å². The monoisotopic (exact) mass is 520 g/mol. The molecule has 38 heavy (non-hydrogen) atoms. The maximum Gasteiger partial charge on any atom is 0.414 e. The van der Waals surface area contributed by atoms with Gasteiger partial charge >= 0.3 is 12.1 Å². The molecular weight excluding hydrogens is 488 g/mol. The summed E-state index contributed by atoms with van der Waals surface area (Å²) in [4.78, 5) is 35.7. The Labute approximate surface area is 220 Å². The molecular formula is C28H32N4O6. The van der Waals surface area contributed by atoms with Gasteiger partial charge in [-0.05, 0) is 57.2 Å². The Morgan fingerprint density at radius 3 is 2.84 bits per heavy atom. The average Bonchev–Trinajstić information content (AvgIpc) is 3.56. The van der Waals surface area contributed by atoms with Gasteiger partial charge in [-0.25, -0.2) is 9.78 Å². The van der Waals surface area contributed by atoms with Crippen LogP contribution in [-0.4, -0.2) is 56.6 Å². The van der Waals surface area contributed by atoms with E-state index in [2.05, 4.69) is 4.98 Å². The second-order valence-electron chi connectivity index (χ2n) is 10.6. The third-order valence-corrected chi connectivity index (χ3v) is 8.34. The number of carbonyl (C=O) groups excluding carboxylic acids is 1. The van der Waals surface area contributed by atoms with Crippen molar-refractivity contribution in [3.05, 3.63) is 47.0 Å². The highest BCUT2D eigenvalue weighted by Crippen LogP contribution is 2.42. The molecule has 0 saturated heterocycles. The number of aromatic nitrogens is 3. The molecule has 1 aliphatic carbocycles. The predicted octanol–water partition coefficient (Wildman–Crippen LogP) is 4.17. The van der Waals surface area contributed by atoms with Crippen LogP contribution >= 0.6 is 0 Å². The molecule has 4 heterocycles. The number of hydrogen-bond acceptors (Lipinski definition) is 7. The second-order valence-corrected chi connectivity index (χ2v) is 10.6. The lowest BCUT2D eigenvalue weighted by Crippen LogP contribution is -2.42. The van der Waals surface area contributed by atoms with Crippen molar-refractivity contribution in [1.29, 1.82) is 0 Å². The number of amides is 1. The van der Waals surface area contributed by atoms with E-state index in [0.717, 1.165) is 65.7 Å². The summed E-state index contributed by atoms with van der Waals surface area (Å²) in [5.74, 6) is -0.0579. The first-order valence-electron chi connectivity index (χ1n) is 13.3. The Hall–Kier alpha value is -3.66. The van der Waals surface area contributed by atoms with E-state index >= 15 is 0 Å². The molecule has 3 aliphatic rings. The number of benzene rings is 1. The number of anilines is 1. The van der Waals surface area contributed by atoms with E-state index in [0.29, 0.717) is 31.0 Å². The number of aryl methyl sites for hydroxylation is 1. The predicted molar refractivity (Wildman–Crippen MR) is 139 cm³/mol. The van der Waals surface area contributed by atoms with Gasteiger partial charge in [-0.3, -0.25) is 14.7 Å². The van der Waals surface area contributed by atoms with Crippen LogP contribution in [0.25, 0.3) is 11.0 Å². The number of fused-ring (bicyclic) bond motifs is 4. The molecule has 1 amide bonds. The van der Waals surface area contributed by atoms with Crippen molar-refractivity contribution in [1.82, 2.24) is 14.5 Å². The second kappa shape index (κ2) is 9.58. The van der Waals surface area contributed by atoms with Crippen molar-refractivity contribution < 1.29 is 29.3 Å². The molecule has 1 aromatic carbocycles. The number of hydrogen-bond donors (Lipinski definition) is 2. The van der Waals surface area contributed by atoms with Crippen molar-refractivity contribution in [3.8, 4) is 5.75 Å². The summed E-state index contributed by atoms with van der Waals surface area (Å²) in [6, 6.07) is 5.57. The molecule has 1 fully saturated rings. The number of aliphatic carboxylic acids is 1. The first-order valence-corrected chi connectivity index (χ1v) is 13.3. The largest absolute Gasteiger partial charge is 0.491 e. The quantitative estimate of drug-likeness (QED) is 0.525. The van der Waals surface area contributed by atoms with Gasteiger partial charge in [0, 0.05) is 29.6 Å². The molecule has 2 N–H and O–H groups in total. The fourth-order valence-corrected chi connectivity index (χ4v) is 6.37. The fraction of sp³-hybridized carbons (Fsp3) is 0.500. The van der Waals surface area contributed by atoms with E-state index in [-0.39, 0.29) is 12.1 Å². The minimum atomic E-state index is -1.10. The summed E-state index contributed by atoms with van der Waals surface area (Å²) < 4.78 is 12.7. The van der Waals surface area contributed by atoms with Crippen LogP contribution in [0.5, 0.6) is 5.75 Å². The number of aliphatic hydroxyl groups excluding tert-OH is 1. The number of ether oxygens (including phenoxy) is 2. The highest BCUT2D eigenvalue weighted by atomic mass is 16.5. The molecule has 2 aromatic heterocycles. The molecule has 200 valence electrons. The van der Waals surface area contributed by atoms with Crippen molar-refractivity contribution in [2.75, 3.05) is 18.6 Å². The number of aliphatic hydroxyl groups is 1. The van der Waals surface area contributed by atoms with Crippen molar-refractivity contribution in [3.63, 3.8) is 0 Å². The Morgan fingerprint density at radius 2 is 2.05 bits per heavy atom. The lowest BCUT2D eigenvalue weighted by Gasteiger charge is -2.34. The average molecular weight is 521 g/mol.